The summed E-state index contributed by atoms with van der Waals surface area (Å²) in [6.45, 7) is 1.24. The Morgan fingerprint density at radius 1 is 1.05 bits per heavy atom. The number of rotatable bonds is 9. The van der Waals surface area contributed by atoms with Crippen molar-refractivity contribution in [2.24, 2.45) is 0 Å². The van der Waals surface area contributed by atoms with E-state index in [1.807, 2.05) is 0 Å². The van der Waals surface area contributed by atoms with E-state index in [9.17, 15) is 27.0 Å². The molecule has 1 atom stereocenters. The van der Waals surface area contributed by atoms with Crippen LogP contribution in [0.15, 0.2) is 72.0 Å². The van der Waals surface area contributed by atoms with E-state index in [2.05, 4.69) is 9.97 Å². The normalized spacial score (nSPS) is 12.2. The van der Waals surface area contributed by atoms with Gasteiger partial charge in [0, 0.05) is 24.4 Å². The van der Waals surface area contributed by atoms with Crippen LogP contribution in [0.1, 0.15) is 18.2 Å². The Hall–Kier alpha value is -4.26. The second kappa shape index (κ2) is 12.3. The quantitative estimate of drug-likeness (QED) is 0.259. The minimum Gasteiger partial charge on any atom is -0.484 e. The molecule has 210 valence electrons. The van der Waals surface area contributed by atoms with Crippen LogP contribution in [-0.4, -0.2) is 56.7 Å². The predicted octanol–water partition coefficient (Wildman–Crippen LogP) is 5.03. The summed E-state index contributed by atoms with van der Waals surface area (Å²) in [5.41, 5.74) is 1.86. The first-order valence-electron chi connectivity index (χ1n) is 12.1. The van der Waals surface area contributed by atoms with E-state index in [0.717, 1.165) is 0 Å². The fourth-order valence-corrected chi connectivity index (χ4v) is 5.14. The first-order valence-corrected chi connectivity index (χ1v) is 13.4. The van der Waals surface area contributed by atoms with Gasteiger partial charge in [0.25, 0.3) is 0 Å². The molecule has 0 radical (unpaired) electrons. The molecule has 0 spiro atoms. The van der Waals surface area contributed by atoms with Gasteiger partial charge in [-0.2, -0.15) is 13.2 Å². The van der Waals surface area contributed by atoms with Gasteiger partial charge in [0.2, 0.25) is 5.16 Å². The molecular weight excluding hydrogens is 549 g/mol. The van der Waals surface area contributed by atoms with E-state index in [4.69, 9.17) is 9.47 Å². The molecular formula is C27H25F3N4O5S. The molecule has 0 N–H and O–H groups in total. The van der Waals surface area contributed by atoms with Crippen molar-refractivity contribution in [2.75, 3.05) is 24.7 Å². The molecule has 0 fully saturated rings. The van der Waals surface area contributed by atoms with Gasteiger partial charge < -0.3 is 9.47 Å². The second-order valence-corrected chi connectivity index (χ2v) is 9.95. The van der Waals surface area contributed by atoms with E-state index in [0.29, 0.717) is 22.3 Å². The number of halogens is 3. The van der Waals surface area contributed by atoms with Gasteiger partial charge in [-0.25, -0.2) is 14.3 Å². The highest BCUT2D eigenvalue weighted by Gasteiger charge is 2.30. The fourth-order valence-electron chi connectivity index (χ4n) is 3.90. The smallest absolute Gasteiger partial charge is 0.422 e. The number of amides is 1. The number of hydrogen-bond acceptors (Lipinski definition) is 7. The number of esters is 1. The molecule has 0 saturated heterocycles. The highest BCUT2D eigenvalue weighted by molar-refractivity contribution is 7.84. The van der Waals surface area contributed by atoms with Crippen LogP contribution in [0.5, 0.6) is 5.75 Å². The zero-order chi connectivity index (χ0) is 28.9. The van der Waals surface area contributed by atoms with E-state index >= 15 is 0 Å². The number of anilines is 1. The van der Waals surface area contributed by atoms with Crippen LogP contribution in [0, 0.1) is 6.92 Å². The van der Waals surface area contributed by atoms with E-state index in [1.165, 1.54) is 35.6 Å². The predicted molar refractivity (Wildman–Crippen MR) is 142 cm³/mol. The van der Waals surface area contributed by atoms with Crippen molar-refractivity contribution in [2.45, 2.75) is 30.9 Å². The Kier molecular flexibility index (Phi) is 8.83. The molecule has 2 aromatic heterocycles. The van der Waals surface area contributed by atoms with Crippen molar-refractivity contribution in [1.82, 2.24) is 14.5 Å². The Morgan fingerprint density at radius 2 is 1.75 bits per heavy atom. The van der Waals surface area contributed by atoms with Crippen LogP contribution >= 0.6 is 0 Å². The summed E-state index contributed by atoms with van der Waals surface area (Å²) in [5.74, 6) is -0.769. The molecule has 1 unspecified atom stereocenters. The van der Waals surface area contributed by atoms with Gasteiger partial charge in [0.05, 0.1) is 39.8 Å². The van der Waals surface area contributed by atoms with E-state index in [-0.39, 0.29) is 35.5 Å². The number of nitrogens with zero attached hydrogens (tertiary/aromatic N) is 4. The van der Waals surface area contributed by atoms with Crippen molar-refractivity contribution >= 4 is 39.5 Å². The maximum Gasteiger partial charge on any atom is 0.422 e. The lowest BCUT2D eigenvalue weighted by atomic mass is 10.2. The molecule has 2 heterocycles. The Labute approximate surface area is 230 Å². The number of pyridine rings is 1. The lowest BCUT2D eigenvalue weighted by Crippen LogP contribution is -2.38. The Balaban J connectivity index is 1.70. The summed E-state index contributed by atoms with van der Waals surface area (Å²) in [7, 11) is -1.95. The molecule has 40 heavy (non-hydrogen) atoms. The van der Waals surface area contributed by atoms with Gasteiger partial charge in [0.1, 0.15) is 12.4 Å². The largest absolute Gasteiger partial charge is 0.484 e. The van der Waals surface area contributed by atoms with Gasteiger partial charge in [0.15, 0.2) is 6.61 Å². The van der Waals surface area contributed by atoms with Crippen molar-refractivity contribution in [3.05, 3.63) is 78.1 Å². The maximum atomic E-state index is 14.0. The average molecular weight is 575 g/mol. The summed E-state index contributed by atoms with van der Waals surface area (Å²) >= 11 is 0. The minimum absolute atomic E-state index is 0.0141. The topological polar surface area (TPSA) is 104 Å². The molecule has 4 aromatic rings. The molecule has 0 saturated carbocycles. The third-order valence-corrected chi connectivity index (χ3v) is 6.98. The van der Waals surface area contributed by atoms with E-state index in [1.54, 1.807) is 54.6 Å². The summed E-state index contributed by atoms with van der Waals surface area (Å²) in [6, 6.07) is 16.2. The molecule has 4 rings (SSSR count). The SMILES string of the molecule is CC(=O)OCCN(C(=O)n1c(S(=O)Cc2nccc(OCC(F)(F)F)c2C)nc2ccccc21)c1ccccc1. The van der Waals surface area contributed by atoms with Gasteiger partial charge in [-0.3, -0.25) is 18.9 Å². The lowest BCUT2D eigenvalue weighted by molar-refractivity contribution is -0.153. The Bertz CT molecular complexity index is 1540. The number of fused-ring (bicyclic) bond motifs is 1. The first-order chi connectivity index (χ1) is 19.0. The average Bonchev–Trinajstić information content (AvgIpc) is 3.31. The standard InChI is InChI=1S/C27H25F3N4O5S/c1-18-22(31-13-12-24(18)39-17-27(28,29)30)16-40(37)25-32-21-10-6-7-11-23(21)34(25)26(36)33(14-15-38-19(2)35)20-8-4-3-5-9-20/h3-13H,14-17H2,1-2H3. The highest BCUT2D eigenvalue weighted by atomic mass is 32.2. The van der Waals surface area contributed by atoms with Gasteiger partial charge >= 0.3 is 18.2 Å². The number of hydrogen-bond donors (Lipinski definition) is 0. The third kappa shape index (κ3) is 6.84. The number of alkyl halides is 3. The number of para-hydroxylation sites is 3. The zero-order valence-electron chi connectivity index (χ0n) is 21.6. The van der Waals surface area contributed by atoms with Gasteiger partial charge in [-0.15, -0.1) is 0 Å². The molecule has 0 aliphatic carbocycles. The minimum atomic E-state index is -4.52. The lowest BCUT2D eigenvalue weighted by Gasteiger charge is -2.23. The highest BCUT2D eigenvalue weighted by Crippen LogP contribution is 2.27. The van der Waals surface area contributed by atoms with E-state index < -0.39 is 35.6 Å². The fraction of sp³-hybridized carbons (Fsp3) is 0.259. The Morgan fingerprint density at radius 3 is 2.45 bits per heavy atom. The van der Waals surface area contributed by atoms with Gasteiger partial charge in [-0.05, 0) is 37.3 Å². The molecule has 0 aliphatic heterocycles. The van der Waals surface area contributed by atoms with Crippen LogP contribution in [0.4, 0.5) is 23.7 Å². The number of carbonyl (C=O) groups excluding carboxylic acids is 2. The first kappa shape index (κ1) is 28.7. The zero-order valence-corrected chi connectivity index (χ0v) is 22.4. The number of aromatic nitrogens is 3. The summed E-state index contributed by atoms with van der Waals surface area (Å²) in [5, 5.41) is -0.0672. The maximum absolute atomic E-state index is 14.0. The monoisotopic (exact) mass is 574 g/mol. The third-order valence-electron chi connectivity index (χ3n) is 5.76. The number of ether oxygens (including phenoxy) is 2. The number of imidazole rings is 1. The van der Waals surface area contributed by atoms with Crippen molar-refractivity contribution < 1.29 is 36.4 Å². The molecule has 0 aliphatic rings. The summed E-state index contributed by atoms with van der Waals surface area (Å²) in [6.07, 6.45) is -3.25. The molecule has 2 aromatic carbocycles. The van der Waals surface area contributed by atoms with Gasteiger partial charge in [-0.1, -0.05) is 30.3 Å². The molecule has 13 heteroatoms. The van der Waals surface area contributed by atoms with Crippen molar-refractivity contribution in [3.63, 3.8) is 0 Å². The molecule has 0 bridgehead atoms. The van der Waals surface area contributed by atoms with Crippen molar-refractivity contribution in [3.8, 4) is 5.75 Å². The van der Waals surface area contributed by atoms with Crippen LogP contribution in [0.2, 0.25) is 0 Å². The van der Waals surface area contributed by atoms with Crippen LogP contribution < -0.4 is 9.64 Å². The molecule has 9 nitrogen and oxygen atoms in total. The number of carbonyl (C=O) groups is 2. The van der Waals surface area contributed by atoms with Crippen LogP contribution in [-0.2, 0) is 26.1 Å². The number of benzene rings is 2. The van der Waals surface area contributed by atoms with Crippen molar-refractivity contribution in [1.29, 1.82) is 0 Å². The summed E-state index contributed by atoms with van der Waals surface area (Å²) in [4.78, 5) is 35.4. The van der Waals surface area contributed by atoms with Crippen LogP contribution in [0.25, 0.3) is 11.0 Å². The second-order valence-electron chi connectivity index (χ2n) is 8.60. The molecule has 1 amide bonds. The van der Waals surface area contributed by atoms with Crippen LogP contribution in [0.3, 0.4) is 0 Å². The summed E-state index contributed by atoms with van der Waals surface area (Å²) < 4.78 is 62.9.